The minimum Gasteiger partial charge on any atom is -0.388 e. The van der Waals surface area contributed by atoms with Crippen molar-refractivity contribution in [2.24, 2.45) is 0 Å². The molecule has 126 valence electrons. The van der Waals surface area contributed by atoms with E-state index in [1.807, 2.05) is 0 Å². The Hall–Kier alpha value is -1.57. The molecule has 0 radical (unpaired) electrons. The van der Waals surface area contributed by atoms with Gasteiger partial charge in [0, 0.05) is 31.9 Å². The van der Waals surface area contributed by atoms with Gasteiger partial charge in [0.2, 0.25) is 0 Å². The molecule has 3 rings (SSSR count). The lowest BCUT2D eigenvalue weighted by atomic mass is 9.76. The van der Waals surface area contributed by atoms with E-state index in [4.69, 9.17) is 4.74 Å². The maximum atomic E-state index is 12.5. The van der Waals surface area contributed by atoms with Crippen LogP contribution in [0.5, 0.6) is 0 Å². The number of aromatic nitrogens is 2. The lowest BCUT2D eigenvalue weighted by molar-refractivity contribution is -0.221. The first kappa shape index (κ1) is 16.3. The molecule has 1 aromatic rings. The fraction of sp³-hybridized carbons (Fsp3) is 0.688. The second kappa shape index (κ2) is 5.81. The summed E-state index contributed by atoms with van der Waals surface area (Å²) in [6.45, 7) is 4.66. The molecule has 0 aliphatic carbocycles. The number of ether oxygens (including phenoxy) is 1. The number of hydrogen-bond acceptors (Lipinski definition) is 6. The molecule has 3 heterocycles. The smallest absolute Gasteiger partial charge is 0.256 e. The molecule has 2 aliphatic rings. The first-order chi connectivity index (χ1) is 10.8. The Balaban J connectivity index is 1.64. The molecule has 0 unspecified atom stereocenters. The van der Waals surface area contributed by atoms with Gasteiger partial charge < -0.3 is 19.8 Å². The molecule has 1 spiro atoms. The lowest BCUT2D eigenvalue weighted by Gasteiger charge is -2.49. The van der Waals surface area contributed by atoms with Crippen LogP contribution < -0.4 is 0 Å². The van der Waals surface area contributed by atoms with E-state index in [1.54, 1.807) is 31.1 Å². The van der Waals surface area contributed by atoms with Crippen LogP contribution in [0, 0.1) is 6.92 Å². The monoisotopic (exact) mass is 321 g/mol. The summed E-state index contributed by atoms with van der Waals surface area (Å²) in [5.74, 6) is 0.554. The van der Waals surface area contributed by atoms with Crippen LogP contribution in [0.2, 0.25) is 0 Å². The number of aryl methyl sites for hydroxylation is 1. The molecular formula is C16H23N3O4. The minimum atomic E-state index is -1.14. The van der Waals surface area contributed by atoms with Crippen LogP contribution >= 0.6 is 0 Å². The van der Waals surface area contributed by atoms with Gasteiger partial charge in [-0.05, 0) is 26.7 Å². The van der Waals surface area contributed by atoms with Crippen molar-refractivity contribution in [1.82, 2.24) is 14.9 Å². The van der Waals surface area contributed by atoms with Crippen molar-refractivity contribution < 1.29 is 19.7 Å². The summed E-state index contributed by atoms with van der Waals surface area (Å²) in [5, 5.41) is 20.1. The lowest BCUT2D eigenvalue weighted by Crippen LogP contribution is -2.59. The molecule has 2 atom stereocenters. The van der Waals surface area contributed by atoms with Gasteiger partial charge in [-0.2, -0.15) is 0 Å². The fourth-order valence-electron chi connectivity index (χ4n) is 3.38. The molecule has 0 saturated carbocycles. The van der Waals surface area contributed by atoms with Crippen LogP contribution in [0.15, 0.2) is 12.4 Å². The number of amides is 1. The largest absolute Gasteiger partial charge is 0.388 e. The van der Waals surface area contributed by atoms with Crippen LogP contribution in [-0.4, -0.2) is 68.0 Å². The van der Waals surface area contributed by atoms with Crippen LogP contribution in [0.25, 0.3) is 0 Å². The van der Waals surface area contributed by atoms with Crippen molar-refractivity contribution in [3.05, 3.63) is 23.8 Å². The van der Waals surface area contributed by atoms with Crippen molar-refractivity contribution in [3.8, 4) is 0 Å². The van der Waals surface area contributed by atoms with Gasteiger partial charge in [-0.1, -0.05) is 0 Å². The van der Waals surface area contributed by atoms with Gasteiger partial charge in [0.1, 0.15) is 11.9 Å². The summed E-state index contributed by atoms with van der Waals surface area (Å²) in [4.78, 5) is 22.4. The van der Waals surface area contributed by atoms with Gasteiger partial charge in [-0.3, -0.25) is 4.79 Å². The van der Waals surface area contributed by atoms with Gasteiger partial charge >= 0.3 is 0 Å². The summed E-state index contributed by atoms with van der Waals surface area (Å²) >= 11 is 0. The minimum absolute atomic E-state index is 0.0811. The van der Waals surface area contributed by atoms with Gasteiger partial charge in [-0.25, -0.2) is 9.97 Å². The van der Waals surface area contributed by atoms with E-state index >= 15 is 0 Å². The normalized spacial score (nSPS) is 30.4. The number of hydrogen-bond donors (Lipinski definition) is 2. The Bertz CT molecular complexity index is 579. The van der Waals surface area contributed by atoms with Gasteiger partial charge in [0.05, 0.1) is 23.4 Å². The maximum absolute atomic E-state index is 12.5. The summed E-state index contributed by atoms with van der Waals surface area (Å²) in [7, 11) is 0. The Kier molecular flexibility index (Phi) is 4.12. The van der Waals surface area contributed by atoms with Crippen LogP contribution in [0.4, 0.5) is 0 Å². The van der Waals surface area contributed by atoms with Gasteiger partial charge in [-0.15, -0.1) is 0 Å². The number of carbonyl (C=O) groups excluding carboxylic acids is 1. The van der Waals surface area contributed by atoms with E-state index in [0.717, 1.165) is 0 Å². The standard InChI is InChI=1S/C16H23N3O4/c1-11-17-7-12(8-18-11)14(21)19-5-3-16(4-6-19)10-15(2,22)13(20)9-23-16/h7-8,13,20,22H,3-6,9-10H2,1-2H3/t13-,15-/m0/s1. The van der Waals surface area contributed by atoms with Crippen molar-refractivity contribution >= 4 is 5.91 Å². The Labute approximate surface area is 135 Å². The molecule has 2 N–H and O–H groups in total. The highest BCUT2D eigenvalue weighted by Gasteiger charge is 2.49. The summed E-state index contributed by atoms with van der Waals surface area (Å²) in [5.41, 5.74) is -1.11. The van der Waals surface area contributed by atoms with Crippen LogP contribution in [-0.2, 0) is 4.74 Å². The van der Waals surface area contributed by atoms with Gasteiger partial charge in [0.25, 0.3) is 5.91 Å². The fourth-order valence-corrected chi connectivity index (χ4v) is 3.38. The first-order valence-electron chi connectivity index (χ1n) is 7.94. The number of carbonyl (C=O) groups is 1. The van der Waals surface area contributed by atoms with E-state index in [-0.39, 0.29) is 12.5 Å². The molecule has 23 heavy (non-hydrogen) atoms. The average Bonchev–Trinajstić information content (AvgIpc) is 2.52. The Morgan fingerprint density at radius 2 is 1.96 bits per heavy atom. The highest BCUT2D eigenvalue weighted by Crippen LogP contribution is 2.39. The molecule has 2 aliphatic heterocycles. The molecule has 0 aromatic carbocycles. The zero-order valence-electron chi connectivity index (χ0n) is 13.5. The van der Waals surface area contributed by atoms with E-state index in [1.165, 1.54) is 0 Å². The maximum Gasteiger partial charge on any atom is 0.256 e. The summed E-state index contributed by atoms with van der Waals surface area (Å²) in [6.07, 6.45) is 3.91. The Morgan fingerprint density at radius 3 is 2.52 bits per heavy atom. The third-order valence-electron chi connectivity index (χ3n) is 4.94. The topological polar surface area (TPSA) is 95.8 Å². The third kappa shape index (κ3) is 3.22. The quantitative estimate of drug-likeness (QED) is 0.772. The second-order valence-electron chi connectivity index (χ2n) is 6.85. The molecular weight excluding hydrogens is 298 g/mol. The van der Waals surface area contributed by atoms with Gasteiger partial charge in [0.15, 0.2) is 0 Å². The second-order valence-corrected chi connectivity index (χ2v) is 6.85. The van der Waals surface area contributed by atoms with E-state index in [2.05, 4.69) is 9.97 Å². The van der Waals surface area contributed by atoms with E-state index < -0.39 is 17.3 Å². The number of likely N-dealkylation sites (tertiary alicyclic amines) is 1. The SMILES string of the molecule is Cc1ncc(C(=O)N2CCC3(CC2)C[C@](C)(O)[C@@H](O)CO3)cn1. The third-order valence-corrected chi connectivity index (χ3v) is 4.94. The van der Waals surface area contributed by atoms with Crippen LogP contribution in [0.1, 0.15) is 42.4 Å². The van der Waals surface area contributed by atoms with Crippen molar-refractivity contribution in [1.29, 1.82) is 0 Å². The molecule has 7 heteroatoms. The average molecular weight is 321 g/mol. The van der Waals surface area contributed by atoms with Crippen molar-refractivity contribution in [2.45, 2.75) is 50.4 Å². The molecule has 0 bridgehead atoms. The molecule has 1 aromatic heterocycles. The number of rotatable bonds is 1. The van der Waals surface area contributed by atoms with E-state index in [9.17, 15) is 15.0 Å². The summed E-state index contributed by atoms with van der Waals surface area (Å²) < 4.78 is 5.83. The predicted octanol–water partition coefficient (Wildman–Crippen LogP) is 0.292. The first-order valence-corrected chi connectivity index (χ1v) is 7.94. The highest BCUT2D eigenvalue weighted by atomic mass is 16.5. The Morgan fingerprint density at radius 1 is 1.35 bits per heavy atom. The predicted molar refractivity (Wildman–Crippen MR) is 81.8 cm³/mol. The molecule has 7 nitrogen and oxygen atoms in total. The number of nitrogens with zero attached hydrogens (tertiary/aromatic N) is 3. The highest BCUT2D eigenvalue weighted by molar-refractivity contribution is 5.93. The molecule has 1 amide bonds. The van der Waals surface area contributed by atoms with E-state index in [0.29, 0.717) is 43.7 Å². The number of piperidine rings is 1. The zero-order chi connectivity index (χ0) is 16.7. The zero-order valence-corrected chi connectivity index (χ0v) is 13.5. The molecule has 2 saturated heterocycles. The molecule has 2 fully saturated rings. The van der Waals surface area contributed by atoms with Crippen molar-refractivity contribution in [3.63, 3.8) is 0 Å². The van der Waals surface area contributed by atoms with Crippen molar-refractivity contribution in [2.75, 3.05) is 19.7 Å². The summed E-state index contributed by atoms with van der Waals surface area (Å²) in [6, 6.07) is 0. The number of aliphatic hydroxyl groups is 2. The van der Waals surface area contributed by atoms with Crippen LogP contribution in [0.3, 0.4) is 0 Å². The number of aliphatic hydroxyl groups excluding tert-OH is 1.